The normalized spacial score (nSPS) is 15.5. The zero-order valence-electron chi connectivity index (χ0n) is 12.9. The number of carbonyl (C=O) groups is 2. The molecule has 2 rings (SSSR count). The molecule has 120 valence electrons. The van der Waals surface area contributed by atoms with Crippen molar-refractivity contribution in [3.05, 3.63) is 24.3 Å². The highest BCUT2D eigenvalue weighted by Gasteiger charge is 2.20. The van der Waals surface area contributed by atoms with Crippen LogP contribution >= 0.6 is 0 Å². The van der Waals surface area contributed by atoms with Crippen LogP contribution in [0.15, 0.2) is 24.3 Å². The fourth-order valence-electron chi connectivity index (χ4n) is 2.43. The summed E-state index contributed by atoms with van der Waals surface area (Å²) >= 11 is 0. The summed E-state index contributed by atoms with van der Waals surface area (Å²) < 4.78 is 5.06. The molecule has 1 heterocycles. The fraction of sp³-hybridized carbons (Fsp3) is 0.500. The molecular weight excluding hydrogens is 282 g/mol. The van der Waals surface area contributed by atoms with Gasteiger partial charge in [-0.1, -0.05) is 0 Å². The number of carbonyl (C=O) groups excluding carboxylic acids is 2. The second-order valence-electron chi connectivity index (χ2n) is 5.49. The molecule has 0 bridgehead atoms. The Bertz CT molecular complexity index is 508. The molecule has 1 fully saturated rings. The molecule has 0 unspecified atom stereocenters. The highest BCUT2D eigenvalue weighted by molar-refractivity contribution is 5.93. The van der Waals surface area contributed by atoms with Crippen LogP contribution in [0.1, 0.15) is 25.7 Å². The van der Waals surface area contributed by atoms with Crippen molar-refractivity contribution in [1.82, 2.24) is 4.90 Å². The van der Waals surface area contributed by atoms with Gasteiger partial charge in [-0.2, -0.15) is 0 Å². The minimum Gasteiger partial charge on any atom is -0.497 e. The van der Waals surface area contributed by atoms with Gasteiger partial charge in [0.15, 0.2) is 0 Å². The molecule has 1 saturated heterocycles. The number of methoxy groups -OCH3 is 1. The number of nitrogens with one attached hydrogen (secondary N) is 1. The van der Waals surface area contributed by atoms with Crippen LogP contribution in [-0.2, 0) is 9.59 Å². The Morgan fingerprint density at radius 2 is 1.86 bits per heavy atom. The van der Waals surface area contributed by atoms with E-state index < -0.39 is 0 Å². The van der Waals surface area contributed by atoms with Crippen LogP contribution in [0.25, 0.3) is 0 Å². The maximum absolute atomic E-state index is 12.0. The van der Waals surface area contributed by atoms with Crippen molar-refractivity contribution < 1.29 is 14.3 Å². The van der Waals surface area contributed by atoms with Gasteiger partial charge >= 0.3 is 0 Å². The zero-order chi connectivity index (χ0) is 15.9. The smallest absolute Gasteiger partial charge is 0.224 e. The maximum Gasteiger partial charge on any atom is 0.224 e. The van der Waals surface area contributed by atoms with Crippen molar-refractivity contribution in [1.29, 1.82) is 0 Å². The first-order chi connectivity index (χ1) is 10.6. The maximum atomic E-state index is 12.0. The minimum atomic E-state index is -0.160. The van der Waals surface area contributed by atoms with Crippen LogP contribution in [0, 0.1) is 0 Å². The number of ether oxygens (including phenoxy) is 1. The first kappa shape index (κ1) is 16.3. The summed E-state index contributed by atoms with van der Waals surface area (Å²) in [5.74, 6) is 0.598. The number of rotatable bonds is 5. The molecule has 0 saturated carbocycles. The summed E-state index contributed by atoms with van der Waals surface area (Å²) in [5.41, 5.74) is 6.51. The lowest BCUT2D eigenvalue weighted by Crippen LogP contribution is -2.43. The van der Waals surface area contributed by atoms with Crippen molar-refractivity contribution in [3.8, 4) is 5.75 Å². The molecule has 3 N–H and O–H groups in total. The molecule has 1 aromatic carbocycles. The van der Waals surface area contributed by atoms with Gasteiger partial charge in [0.05, 0.1) is 7.11 Å². The number of anilines is 1. The quantitative estimate of drug-likeness (QED) is 0.860. The Labute approximate surface area is 130 Å². The van der Waals surface area contributed by atoms with Crippen LogP contribution in [0.3, 0.4) is 0 Å². The van der Waals surface area contributed by atoms with Crippen LogP contribution < -0.4 is 15.8 Å². The molecule has 0 radical (unpaired) electrons. The summed E-state index contributed by atoms with van der Waals surface area (Å²) in [6, 6.07) is 7.28. The predicted octanol–water partition coefficient (Wildman–Crippen LogP) is 1.36. The molecule has 2 amide bonds. The Balaban J connectivity index is 1.73. The first-order valence-corrected chi connectivity index (χ1v) is 7.55. The SMILES string of the molecule is COc1ccc(NC(=O)CCC(=O)N2CCC(N)CC2)cc1. The number of likely N-dealkylation sites (tertiary alicyclic amines) is 1. The minimum absolute atomic E-state index is 0.0248. The molecule has 0 aliphatic carbocycles. The highest BCUT2D eigenvalue weighted by atomic mass is 16.5. The van der Waals surface area contributed by atoms with Gasteiger partial charge in [-0.05, 0) is 37.1 Å². The highest BCUT2D eigenvalue weighted by Crippen LogP contribution is 2.15. The van der Waals surface area contributed by atoms with E-state index in [0.717, 1.165) is 18.6 Å². The lowest BCUT2D eigenvalue weighted by Gasteiger charge is -2.30. The molecule has 0 aromatic heterocycles. The zero-order valence-corrected chi connectivity index (χ0v) is 12.9. The topological polar surface area (TPSA) is 84.7 Å². The van der Waals surface area contributed by atoms with Gasteiger partial charge in [0.1, 0.15) is 5.75 Å². The molecular formula is C16H23N3O3. The van der Waals surface area contributed by atoms with Gasteiger partial charge in [-0.15, -0.1) is 0 Å². The third-order valence-electron chi connectivity index (χ3n) is 3.83. The molecule has 1 aliphatic heterocycles. The van der Waals surface area contributed by atoms with Gasteiger partial charge < -0.3 is 20.7 Å². The third kappa shape index (κ3) is 4.73. The summed E-state index contributed by atoms with van der Waals surface area (Å²) in [4.78, 5) is 25.7. The van der Waals surface area contributed by atoms with Gasteiger partial charge in [0.25, 0.3) is 0 Å². The summed E-state index contributed by atoms with van der Waals surface area (Å²) in [6.07, 6.45) is 2.10. The first-order valence-electron chi connectivity index (χ1n) is 7.55. The monoisotopic (exact) mass is 305 g/mol. The van der Waals surface area contributed by atoms with Crippen molar-refractivity contribution in [3.63, 3.8) is 0 Å². The van der Waals surface area contributed by atoms with Crippen molar-refractivity contribution in [2.24, 2.45) is 5.73 Å². The second kappa shape index (κ2) is 7.79. The van der Waals surface area contributed by atoms with E-state index in [1.807, 2.05) is 0 Å². The van der Waals surface area contributed by atoms with Gasteiger partial charge in [-0.25, -0.2) is 0 Å². The summed E-state index contributed by atoms with van der Waals surface area (Å²) in [7, 11) is 1.59. The fourth-order valence-corrected chi connectivity index (χ4v) is 2.43. The van der Waals surface area contributed by atoms with E-state index >= 15 is 0 Å². The van der Waals surface area contributed by atoms with Gasteiger partial charge in [0, 0.05) is 37.7 Å². The Morgan fingerprint density at radius 1 is 1.23 bits per heavy atom. The lowest BCUT2D eigenvalue weighted by molar-refractivity contribution is -0.133. The molecule has 0 atom stereocenters. The molecule has 1 aliphatic rings. The van der Waals surface area contributed by atoms with E-state index in [1.165, 1.54) is 0 Å². The van der Waals surface area contributed by atoms with Gasteiger partial charge in [0.2, 0.25) is 11.8 Å². The Kier molecular flexibility index (Phi) is 5.77. The van der Waals surface area contributed by atoms with Crippen LogP contribution in [0.4, 0.5) is 5.69 Å². The van der Waals surface area contributed by atoms with Crippen molar-refractivity contribution in [2.45, 2.75) is 31.7 Å². The van der Waals surface area contributed by atoms with E-state index in [4.69, 9.17) is 10.5 Å². The number of amides is 2. The molecule has 22 heavy (non-hydrogen) atoms. The number of piperidine rings is 1. The standard InChI is InChI=1S/C16H23N3O3/c1-22-14-4-2-13(3-5-14)18-15(20)6-7-16(21)19-10-8-12(17)9-11-19/h2-5,12H,6-11,17H2,1H3,(H,18,20). The molecule has 0 spiro atoms. The van der Waals surface area contributed by atoms with Gasteiger partial charge in [-0.3, -0.25) is 9.59 Å². The van der Waals surface area contributed by atoms with Crippen LogP contribution in [0.2, 0.25) is 0 Å². The predicted molar refractivity (Wildman–Crippen MR) is 84.6 cm³/mol. The molecule has 1 aromatic rings. The summed E-state index contributed by atoms with van der Waals surface area (Å²) in [5, 5.41) is 2.77. The molecule has 6 heteroatoms. The Hall–Kier alpha value is -2.08. The largest absolute Gasteiger partial charge is 0.497 e. The van der Waals surface area contributed by atoms with Crippen LogP contribution in [-0.4, -0.2) is 43.0 Å². The van der Waals surface area contributed by atoms with E-state index in [-0.39, 0.29) is 30.7 Å². The third-order valence-corrected chi connectivity index (χ3v) is 3.83. The lowest BCUT2D eigenvalue weighted by atomic mass is 10.1. The molecule has 6 nitrogen and oxygen atoms in total. The Morgan fingerprint density at radius 3 is 2.45 bits per heavy atom. The summed E-state index contributed by atoms with van der Waals surface area (Å²) in [6.45, 7) is 1.39. The van der Waals surface area contributed by atoms with Crippen molar-refractivity contribution >= 4 is 17.5 Å². The van der Waals surface area contributed by atoms with E-state index in [1.54, 1.807) is 36.3 Å². The van der Waals surface area contributed by atoms with E-state index in [9.17, 15) is 9.59 Å². The second-order valence-corrected chi connectivity index (χ2v) is 5.49. The number of nitrogens with zero attached hydrogens (tertiary/aromatic N) is 1. The number of hydrogen-bond acceptors (Lipinski definition) is 4. The van der Waals surface area contributed by atoms with E-state index in [0.29, 0.717) is 18.8 Å². The average molecular weight is 305 g/mol. The van der Waals surface area contributed by atoms with Crippen LogP contribution in [0.5, 0.6) is 5.75 Å². The number of benzene rings is 1. The number of nitrogens with two attached hydrogens (primary N) is 1. The average Bonchev–Trinajstić information content (AvgIpc) is 2.54. The number of hydrogen-bond donors (Lipinski definition) is 2. The van der Waals surface area contributed by atoms with Crippen molar-refractivity contribution in [2.75, 3.05) is 25.5 Å². The van der Waals surface area contributed by atoms with E-state index in [2.05, 4.69) is 5.32 Å².